The molecule has 1 aliphatic carbocycles. The molecule has 0 radical (unpaired) electrons. The Labute approximate surface area is 154 Å². The van der Waals surface area contributed by atoms with Crippen LogP contribution in [0.5, 0.6) is 0 Å². The third-order valence-corrected chi connectivity index (χ3v) is 6.09. The van der Waals surface area contributed by atoms with Crippen molar-refractivity contribution in [1.29, 1.82) is 0 Å². The lowest BCUT2D eigenvalue weighted by Crippen LogP contribution is -2.52. The predicted octanol–water partition coefficient (Wildman–Crippen LogP) is 2.35. The smallest absolute Gasteiger partial charge is 0.225 e. The zero-order valence-electron chi connectivity index (χ0n) is 14.9. The van der Waals surface area contributed by atoms with E-state index >= 15 is 0 Å². The maximum absolute atomic E-state index is 12.6. The molecule has 1 N–H and O–H groups in total. The summed E-state index contributed by atoms with van der Waals surface area (Å²) in [5.41, 5.74) is 0. The molecular weight excluding hydrogens is 336 g/mol. The monoisotopic (exact) mass is 366 g/mol. The van der Waals surface area contributed by atoms with Crippen LogP contribution >= 0.6 is 11.3 Å². The van der Waals surface area contributed by atoms with Crippen molar-refractivity contribution in [2.75, 3.05) is 39.3 Å². The van der Waals surface area contributed by atoms with Gasteiger partial charge in [-0.1, -0.05) is 25.3 Å². The molecule has 1 aromatic rings. The van der Waals surface area contributed by atoms with Gasteiger partial charge in [0.05, 0.1) is 19.3 Å². The van der Waals surface area contributed by atoms with Crippen molar-refractivity contribution in [2.24, 2.45) is 5.92 Å². The SMILES string of the molecule is O=C(C1CCCCC1)N1CCN(CC(O)COCc2cccs2)CC1. The van der Waals surface area contributed by atoms with Crippen LogP contribution in [0, 0.1) is 5.92 Å². The lowest BCUT2D eigenvalue weighted by Gasteiger charge is -2.37. The molecule has 140 valence electrons. The van der Waals surface area contributed by atoms with Crippen molar-refractivity contribution in [1.82, 2.24) is 9.80 Å². The van der Waals surface area contributed by atoms with Crippen LogP contribution in [-0.2, 0) is 16.1 Å². The van der Waals surface area contributed by atoms with E-state index < -0.39 is 6.10 Å². The first-order valence-corrected chi connectivity index (χ1v) is 10.4. The fraction of sp³-hybridized carbons (Fsp3) is 0.737. The molecule has 1 saturated carbocycles. The van der Waals surface area contributed by atoms with Crippen LogP contribution in [0.2, 0.25) is 0 Å². The van der Waals surface area contributed by atoms with Gasteiger partial charge >= 0.3 is 0 Å². The molecule has 2 heterocycles. The third kappa shape index (κ3) is 5.78. The van der Waals surface area contributed by atoms with Crippen molar-refractivity contribution in [3.63, 3.8) is 0 Å². The van der Waals surface area contributed by atoms with Crippen LogP contribution in [0.15, 0.2) is 17.5 Å². The number of amides is 1. The number of ether oxygens (including phenoxy) is 1. The van der Waals surface area contributed by atoms with E-state index in [4.69, 9.17) is 4.74 Å². The third-order valence-electron chi connectivity index (χ3n) is 5.24. The first-order chi connectivity index (χ1) is 12.2. The van der Waals surface area contributed by atoms with Gasteiger partial charge in [-0.15, -0.1) is 11.3 Å². The van der Waals surface area contributed by atoms with Crippen LogP contribution in [0.4, 0.5) is 0 Å². The second-order valence-corrected chi connectivity index (χ2v) is 8.24. The Kier molecular flexibility index (Phi) is 7.28. The quantitative estimate of drug-likeness (QED) is 0.805. The largest absolute Gasteiger partial charge is 0.389 e. The van der Waals surface area contributed by atoms with Gasteiger partial charge in [-0.2, -0.15) is 0 Å². The van der Waals surface area contributed by atoms with E-state index in [9.17, 15) is 9.90 Å². The highest BCUT2D eigenvalue weighted by Crippen LogP contribution is 2.25. The maximum atomic E-state index is 12.6. The number of piperazine rings is 1. The number of hydrogen-bond donors (Lipinski definition) is 1. The van der Waals surface area contributed by atoms with E-state index in [-0.39, 0.29) is 5.92 Å². The Hall–Kier alpha value is -0.950. The minimum Gasteiger partial charge on any atom is -0.389 e. The number of rotatable bonds is 7. The molecule has 0 bridgehead atoms. The van der Waals surface area contributed by atoms with Gasteiger partial charge in [0, 0.05) is 43.5 Å². The summed E-state index contributed by atoms with van der Waals surface area (Å²) >= 11 is 1.67. The highest BCUT2D eigenvalue weighted by molar-refractivity contribution is 7.09. The molecule has 0 spiro atoms. The molecule has 2 aliphatic rings. The standard InChI is InChI=1S/C19H30N2O3S/c22-17(14-24-15-18-7-4-12-25-18)13-20-8-10-21(11-9-20)19(23)16-5-2-1-3-6-16/h4,7,12,16-17,22H,1-3,5-6,8-11,13-15H2. The van der Waals surface area contributed by atoms with Crippen LogP contribution in [0.1, 0.15) is 37.0 Å². The number of aliphatic hydroxyl groups excluding tert-OH is 1. The summed E-state index contributed by atoms with van der Waals surface area (Å²) in [7, 11) is 0. The number of hydrogen-bond acceptors (Lipinski definition) is 5. The molecule has 1 saturated heterocycles. The number of nitrogens with zero attached hydrogens (tertiary/aromatic N) is 2. The fourth-order valence-electron chi connectivity index (χ4n) is 3.80. The Bertz CT molecular complexity index is 509. The molecule has 2 fully saturated rings. The minimum absolute atomic E-state index is 0.261. The zero-order valence-corrected chi connectivity index (χ0v) is 15.8. The summed E-state index contributed by atoms with van der Waals surface area (Å²) < 4.78 is 5.59. The molecule has 1 atom stereocenters. The highest BCUT2D eigenvalue weighted by atomic mass is 32.1. The summed E-state index contributed by atoms with van der Waals surface area (Å²) in [5, 5.41) is 12.2. The van der Waals surface area contributed by atoms with E-state index in [2.05, 4.69) is 4.90 Å². The topological polar surface area (TPSA) is 53.0 Å². The van der Waals surface area contributed by atoms with Crippen LogP contribution < -0.4 is 0 Å². The van der Waals surface area contributed by atoms with Crippen LogP contribution in [0.25, 0.3) is 0 Å². The lowest BCUT2D eigenvalue weighted by molar-refractivity contribution is -0.138. The second-order valence-electron chi connectivity index (χ2n) is 7.21. The molecule has 3 rings (SSSR count). The van der Waals surface area contributed by atoms with Crippen molar-refractivity contribution in [3.8, 4) is 0 Å². The normalized spacial score (nSPS) is 21.4. The van der Waals surface area contributed by atoms with Gasteiger partial charge in [0.15, 0.2) is 0 Å². The van der Waals surface area contributed by atoms with Gasteiger partial charge in [-0.05, 0) is 24.3 Å². The average Bonchev–Trinajstić information content (AvgIpc) is 3.16. The molecule has 1 unspecified atom stereocenters. The van der Waals surface area contributed by atoms with Gasteiger partial charge < -0.3 is 14.7 Å². The molecule has 25 heavy (non-hydrogen) atoms. The van der Waals surface area contributed by atoms with Crippen LogP contribution in [-0.4, -0.2) is 66.2 Å². The molecular formula is C19H30N2O3S. The lowest BCUT2D eigenvalue weighted by atomic mass is 9.88. The summed E-state index contributed by atoms with van der Waals surface area (Å²) in [6.07, 6.45) is 5.35. The summed E-state index contributed by atoms with van der Waals surface area (Å²) in [5.74, 6) is 0.621. The highest BCUT2D eigenvalue weighted by Gasteiger charge is 2.28. The van der Waals surface area contributed by atoms with Gasteiger partial charge in [-0.3, -0.25) is 9.69 Å². The Balaban J connectivity index is 1.32. The van der Waals surface area contributed by atoms with Gasteiger partial charge in [-0.25, -0.2) is 0 Å². The van der Waals surface area contributed by atoms with E-state index in [0.29, 0.717) is 25.7 Å². The van der Waals surface area contributed by atoms with Gasteiger partial charge in [0.1, 0.15) is 0 Å². The van der Waals surface area contributed by atoms with Crippen LogP contribution in [0.3, 0.4) is 0 Å². The Morgan fingerprint density at radius 3 is 2.68 bits per heavy atom. The number of carbonyl (C=O) groups excluding carboxylic acids is 1. The van der Waals surface area contributed by atoms with E-state index in [1.807, 2.05) is 22.4 Å². The molecule has 5 nitrogen and oxygen atoms in total. The maximum Gasteiger partial charge on any atom is 0.225 e. The zero-order chi connectivity index (χ0) is 17.5. The Morgan fingerprint density at radius 1 is 1.24 bits per heavy atom. The fourth-order valence-corrected chi connectivity index (χ4v) is 4.44. The first kappa shape index (κ1) is 18.8. The molecule has 1 aromatic heterocycles. The number of carbonyl (C=O) groups is 1. The molecule has 0 aromatic carbocycles. The predicted molar refractivity (Wildman–Crippen MR) is 99.6 cm³/mol. The van der Waals surface area contributed by atoms with E-state index in [1.165, 1.54) is 24.1 Å². The molecule has 6 heteroatoms. The number of aliphatic hydroxyl groups is 1. The molecule has 1 aliphatic heterocycles. The van der Waals surface area contributed by atoms with Crippen molar-refractivity contribution >= 4 is 17.2 Å². The van der Waals surface area contributed by atoms with Crippen molar-refractivity contribution < 1.29 is 14.6 Å². The summed E-state index contributed by atoms with van der Waals surface area (Å²) in [4.78, 5) is 18.0. The average molecular weight is 367 g/mol. The summed E-state index contributed by atoms with van der Waals surface area (Å²) in [6, 6.07) is 4.05. The van der Waals surface area contributed by atoms with E-state index in [1.54, 1.807) is 11.3 Å². The second kappa shape index (κ2) is 9.67. The summed E-state index contributed by atoms with van der Waals surface area (Å²) in [6.45, 7) is 4.82. The first-order valence-electron chi connectivity index (χ1n) is 9.51. The number of β-amino-alcohol motifs (C(OH)–C–C–N with tert-alkyl or cyclic N) is 1. The van der Waals surface area contributed by atoms with Gasteiger partial charge in [0.25, 0.3) is 0 Å². The van der Waals surface area contributed by atoms with Crippen molar-refractivity contribution in [3.05, 3.63) is 22.4 Å². The van der Waals surface area contributed by atoms with E-state index in [0.717, 1.165) is 39.0 Å². The molecule has 1 amide bonds. The van der Waals surface area contributed by atoms with Gasteiger partial charge in [0.2, 0.25) is 5.91 Å². The Morgan fingerprint density at radius 2 is 2.00 bits per heavy atom. The van der Waals surface area contributed by atoms with Crippen molar-refractivity contribution in [2.45, 2.75) is 44.8 Å². The minimum atomic E-state index is -0.472. The number of thiophene rings is 1.